The number of halogens is 2. The minimum Gasteiger partial charge on any atom is -0.289 e. The van der Waals surface area contributed by atoms with Gasteiger partial charge in [-0.15, -0.1) is 13.2 Å². The standard InChI is InChI=1S/C26H20Br2O2/c1-3-5-17-7-11-19(12-8-17)25(29)21-15-24(28)22(16-23(21)27)26(30)20-13-9-18(6-4-2)10-14-20/h3-4,7-16H,1-2,5-6H2. The number of carbonyl (C=O) groups excluding carboxylic acids is 2. The molecule has 0 atom stereocenters. The molecule has 0 spiro atoms. The largest absolute Gasteiger partial charge is 0.289 e. The first-order valence-electron chi connectivity index (χ1n) is 9.42. The molecule has 0 aliphatic carbocycles. The van der Waals surface area contributed by atoms with Crippen LogP contribution in [0.15, 0.2) is 94.9 Å². The smallest absolute Gasteiger partial charge is 0.194 e. The Morgan fingerprint density at radius 1 is 0.667 bits per heavy atom. The Bertz CT molecular complexity index is 1020. The van der Waals surface area contributed by atoms with Crippen LogP contribution in [0.2, 0.25) is 0 Å². The monoisotopic (exact) mass is 522 g/mol. The van der Waals surface area contributed by atoms with Gasteiger partial charge < -0.3 is 0 Å². The fourth-order valence-corrected chi connectivity index (χ4v) is 4.17. The van der Waals surface area contributed by atoms with Crippen molar-refractivity contribution in [3.8, 4) is 0 Å². The molecule has 0 unspecified atom stereocenters. The van der Waals surface area contributed by atoms with Crippen LogP contribution in [-0.4, -0.2) is 11.6 Å². The van der Waals surface area contributed by atoms with E-state index in [-0.39, 0.29) is 11.6 Å². The quantitative estimate of drug-likeness (QED) is 0.232. The zero-order valence-electron chi connectivity index (χ0n) is 16.3. The van der Waals surface area contributed by atoms with Crippen molar-refractivity contribution < 1.29 is 9.59 Å². The van der Waals surface area contributed by atoms with Gasteiger partial charge in [0.25, 0.3) is 0 Å². The van der Waals surface area contributed by atoms with Crippen LogP contribution in [0.5, 0.6) is 0 Å². The average molecular weight is 524 g/mol. The second-order valence-corrected chi connectivity index (χ2v) is 8.56. The Morgan fingerprint density at radius 2 is 1.00 bits per heavy atom. The van der Waals surface area contributed by atoms with E-state index in [1.807, 2.05) is 60.7 Å². The molecule has 3 aromatic carbocycles. The third kappa shape index (κ3) is 4.94. The summed E-state index contributed by atoms with van der Waals surface area (Å²) in [5.74, 6) is -0.221. The highest BCUT2D eigenvalue weighted by atomic mass is 79.9. The van der Waals surface area contributed by atoms with Crippen LogP contribution in [0.3, 0.4) is 0 Å². The van der Waals surface area contributed by atoms with E-state index in [0.29, 0.717) is 31.2 Å². The maximum absolute atomic E-state index is 13.0. The topological polar surface area (TPSA) is 34.1 Å². The van der Waals surface area contributed by atoms with Crippen LogP contribution in [0.1, 0.15) is 43.0 Å². The lowest BCUT2D eigenvalue weighted by Crippen LogP contribution is -2.07. The van der Waals surface area contributed by atoms with E-state index in [1.165, 1.54) is 0 Å². The number of allylic oxidation sites excluding steroid dienone is 2. The number of benzene rings is 3. The predicted molar refractivity (Wildman–Crippen MR) is 129 cm³/mol. The van der Waals surface area contributed by atoms with Crippen molar-refractivity contribution in [2.24, 2.45) is 0 Å². The van der Waals surface area contributed by atoms with Crippen LogP contribution in [0.4, 0.5) is 0 Å². The Morgan fingerprint density at radius 3 is 1.30 bits per heavy atom. The van der Waals surface area contributed by atoms with Crippen molar-refractivity contribution in [3.63, 3.8) is 0 Å². The molecular formula is C26H20Br2O2. The SMILES string of the molecule is C=CCc1ccc(C(=O)c2cc(Br)c(C(=O)c3ccc(CC=C)cc3)cc2Br)cc1. The van der Waals surface area contributed by atoms with E-state index >= 15 is 0 Å². The van der Waals surface area contributed by atoms with Crippen molar-refractivity contribution >= 4 is 43.4 Å². The Hall–Kier alpha value is -2.56. The van der Waals surface area contributed by atoms with Crippen LogP contribution < -0.4 is 0 Å². The molecule has 0 bridgehead atoms. The summed E-state index contributed by atoms with van der Waals surface area (Å²) in [7, 11) is 0. The van der Waals surface area contributed by atoms with Crippen molar-refractivity contribution in [1.29, 1.82) is 0 Å². The molecule has 0 amide bonds. The Balaban J connectivity index is 1.89. The summed E-state index contributed by atoms with van der Waals surface area (Å²) in [5.41, 5.74) is 4.37. The summed E-state index contributed by atoms with van der Waals surface area (Å²) in [4.78, 5) is 25.9. The summed E-state index contributed by atoms with van der Waals surface area (Å²) in [6, 6.07) is 18.3. The highest BCUT2D eigenvalue weighted by molar-refractivity contribution is 9.11. The van der Waals surface area contributed by atoms with E-state index in [2.05, 4.69) is 45.0 Å². The van der Waals surface area contributed by atoms with Crippen molar-refractivity contribution in [2.45, 2.75) is 12.8 Å². The lowest BCUT2D eigenvalue weighted by molar-refractivity contribution is 0.102. The normalized spacial score (nSPS) is 10.5. The van der Waals surface area contributed by atoms with Crippen LogP contribution in [0, 0.1) is 0 Å². The molecule has 30 heavy (non-hydrogen) atoms. The van der Waals surface area contributed by atoms with Gasteiger partial charge in [0.15, 0.2) is 11.6 Å². The predicted octanol–water partition coefficient (Wildman–Crippen LogP) is 7.13. The molecule has 0 fully saturated rings. The molecule has 0 aliphatic rings. The third-order valence-electron chi connectivity index (χ3n) is 4.74. The second-order valence-electron chi connectivity index (χ2n) is 6.85. The fraction of sp³-hybridized carbons (Fsp3) is 0.0769. The van der Waals surface area contributed by atoms with Crippen LogP contribution in [-0.2, 0) is 12.8 Å². The maximum atomic E-state index is 13.0. The van der Waals surface area contributed by atoms with Crippen LogP contribution in [0.25, 0.3) is 0 Å². The summed E-state index contributed by atoms with van der Waals surface area (Å²) in [6.07, 6.45) is 5.17. The fourth-order valence-electron chi connectivity index (χ4n) is 3.12. The molecule has 0 saturated carbocycles. The van der Waals surface area contributed by atoms with E-state index in [0.717, 1.165) is 24.0 Å². The average Bonchev–Trinajstić information content (AvgIpc) is 2.75. The van der Waals surface area contributed by atoms with E-state index in [4.69, 9.17) is 0 Å². The maximum Gasteiger partial charge on any atom is 0.194 e. The lowest BCUT2D eigenvalue weighted by atomic mass is 9.97. The zero-order chi connectivity index (χ0) is 21.7. The van der Waals surface area contributed by atoms with Gasteiger partial charge in [0.1, 0.15) is 0 Å². The Kier molecular flexibility index (Phi) is 7.35. The first-order chi connectivity index (χ1) is 14.4. The molecule has 0 N–H and O–H groups in total. The minimum absolute atomic E-state index is 0.111. The van der Waals surface area contributed by atoms with Gasteiger partial charge in [0.2, 0.25) is 0 Å². The molecule has 150 valence electrons. The molecule has 0 aromatic heterocycles. The highest BCUT2D eigenvalue weighted by Crippen LogP contribution is 2.30. The number of carbonyl (C=O) groups is 2. The summed E-state index contributed by atoms with van der Waals surface area (Å²) >= 11 is 6.95. The van der Waals surface area contributed by atoms with E-state index in [9.17, 15) is 9.59 Å². The lowest BCUT2D eigenvalue weighted by Gasteiger charge is -2.10. The zero-order valence-corrected chi connectivity index (χ0v) is 19.5. The van der Waals surface area contributed by atoms with Gasteiger partial charge in [-0.25, -0.2) is 0 Å². The second kappa shape index (κ2) is 9.96. The molecule has 3 aromatic rings. The van der Waals surface area contributed by atoms with Crippen molar-refractivity contribution in [2.75, 3.05) is 0 Å². The molecule has 0 heterocycles. The summed E-state index contributed by atoms with van der Waals surface area (Å²) in [5, 5.41) is 0. The molecular weight excluding hydrogens is 504 g/mol. The summed E-state index contributed by atoms with van der Waals surface area (Å²) < 4.78 is 1.16. The molecule has 0 aliphatic heterocycles. The molecule has 4 heteroatoms. The molecule has 0 radical (unpaired) electrons. The molecule has 2 nitrogen and oxygen atoms in total. The number of hydrogen-bond donors (Lipinski definition) is 0. The highest BCUT2D eigenvalue weighted by Gasteiger charge is 2.19. The van der Waals surface area contributed by atoms with Gasteiger partial charge in [0, 0.05) is 31.2 Å². The Labute approximate surface area is 193 Å². The van der Waals surface area contributed by atoms with Crippen molar-refractivity contribution in [3.05, 3.63) is 128 Å². The van der Waals surface area contributed by atoms with Gasteiger partial charge in [-0.3, -0.25) is 9.59 Å². The number of hydrogen-bond acceptors (Lipinski definition) is 2. The molecule has 3 rings (SSSR count). The number of rotatable bonds is 8. The summed E-state index contributed by atoms with van der Waals surface area (Å²) in [6.45, 7) is 7.46. The molecule has 0 saturated heterocycles. The minimum atomic E-state index is -0.111. The van der Waals surface area contributed by atoms with Gasteiger partial charge >= 0.3 is 0 Å². The van der Waals surface area contributed by atoms with Crippen LogP contribution >= 0.6 is 31.9 Å². The van der Waals surface area contributed by atoms with E-state index in [1.54, 1.807) is 12.1 Å². The first kappa shape index (κ1) is 22.1. The number of ketones is 2. The van der Waals surface area contributed by atoms with Gasteiger partial charge in [-0.1, -0.05) is 92.5 Å². The van der Waals surface area contributed by atoms with Gasteiger partial charge in [-0.05, 0) is 36.1 Å². The van der Waals surface area contributed by atoms with Gasteiger partial charge in [-0.2, -0.15) is 0 Å². The van der Waals surface area contributed by atoms with E-state index < -0.39 is 0 Å². The van der Waals surface area contributed by atoms with Gasteiger partial charge in [0.05, 0.1) is 0 Å². The third-order valence-corrected chi connectivity index (χ3v) is 6.05. The first-order valence-corrected chi connectivity index (χ1v) is 11.0. The van der Waals surface area contributed by atoms with Crippen molar-refractivity contribution in [1.82, 2.24) is 0 Å².